The van der Waals surface area contributed by atoms with Crippen LogP contribution in [0.2, 0.25) is 0 Å². The second kappa shape index (κ2) is 6.26. The second-order valence-electron chi connectivity index (χ2n) is 5.65. The summed E-state index contributed by atoms with van der Waals surface area (Å²) in [4.78, 5) is 15.3. The van der Waals surface area contributed by atoms with Crippen molar-refractivity contribution < 1.29 is 9.90 Å². The summed E-state index contributed by atoms with van der Waals surface area (Å²) in [5.41, 5.74) is 3.42. The molecule has 0 fully saturated rings. The van der Waals surface area contributed by atoms with Crippen molar-refractivity contribution in [3.05, 3.63) is 53.5 Å². The van der Waals surface area contributed by atoms with Gasteiger partial charge in [0.2, 0.25) is 0 Å². The Balaban J connectivity index is 1.61. The number of para-hydroxylation sites is 1. The zero-order valence-electron chi connectivity index (χ0n) is 13.2. The molecule has 1 amide bonds. The van der Waals surface area contributed by atoms with E-state index in [1.165, 1.54) is 0 Å². The van der Waals surface area contributed by atoms with E-state index >= 15 is 0 Å². The summed E-state index contributed by atoms with van der Waals surface area (Å²) in [6, 6.07) is 8.10. The molecule has 2 aromatic heterocycles. The summed E-state index contributed by atoms with van der Waals surface area (Å²) < 4.78 is 1.59. The number of hydrogen-bond donors (Lipinski definition) is 3. The number of aromatic amines is 1. The second-order valence-corrected chi connectivity index (χ2v) is 5.65. The highest BCUT2D eigenvalue weighted by atomic mass is 16.3. The summed E-state index contributed by atoms with van der Waals surface area (Å²) in [5.74, 6) is -0.403. The first kappa shape index (κ1) is 15.3. The molecular weight excluding hydrogens is 292 g/mol. The van der Waals surface area contributed by atoms with E-state index in [1.807, 2.05) is 30.5 Å². The predicted molar refractivity (Wildman–Crippen MR) is 87.9 cm³/mol. The summed E-state index contributed by atoms with van der Waals surface area (Å²) >= 11 is 0. The van der Waals surface area contributed by atoms with Crippen LogP contribution in [0.1, 0.15) is 22.9 Å². The van der Waals surface area contributed by atoms with Gasteiger partial charge in [-0.25, -0.2) is 0 Å². The number of carbonyl (C=O) groups is 1. The standard InChI is InChI=1S/C17H20N4O2/c1-11-14(10-21(2)20-11)16(22)17(23)19-9-7-13-5-3-4-12-6-8-18-15(12)13/h3-6,8,10,16,18,22H,7,9H2,1-2H3,(H,19,23). The number of aryl methyl sites for hydroxylation is 2. The number of nitrogens with one attached hydrogen (secondary N) is 2. The van der Waals surface area contributed by atoms with E-state index < -0.39 is 12.0 Å². The minimum absolute atomic E-state index is 0.403. The van der Waals surface area contributed by atoms with Crippen molar-refractivity contribution in [2.24, 2.45) is 7.05 Å². The van der Waals surface area contributed by atoms with Crippen molar-refractivity contribution in [3.63, 3.8) is 0 Å². The topological polar surface area (TPSA) is 82.9 Å². The number of aliphatic hydroxyl groups is 1. The van der Waals surface area contributed by atoms with Gasteiger partial charge in [0.25, 0.3) is 5.91 Å². The summed E-state index contributed by atoms with van der Waals surface area (Å²) in [6.45, 7) is 2.24. The maximum atomic E-state index is 12.1. The van der Waals surface area contributed by atoms with Gasteiger partial charge in [-0.15, -0.1) is 0 Å². The molecule has 23 heavy (non-hydrogen) atoms. The number of amides is 1. The first-order valence-electron chi connectivity index (χ1n) is 7.57. The Kier molecular flexibility index (Phi) is 4.16. The first-order chi connectivity index (χ1) is 11.1. The van der Waals surface area contributed by atoms with Gasteiger partial charge in [-0.1, -0.05) is 18.2 Å². The Morgan fingerprint density at radius 3 is 3.00 bits per heavy atom. The van der Waals surface area contributed by atoms with E-state index in [-0.39, 0.29) is 0 Å². The van der Waals surface area contributed by atoms with Crippen molar-refractivity contribution in [2.45, 2.75) is 19.4 Å². The SMILES string of the molecule is Cc1nn(C)cc1C(O)C(=O)NCCc1cccc2cc[nH]c12. The average molecular weight is 312 g/mol. The zero-order valence-corrected chi connectivity index (χ0v) is 13.2. The predicted octanol–water partition coefficient (Wildman–Crippen LogP) is 1.60. The van der Waals surface area contributed by atoms with Gasteiger partial charge in [-0.3, -0.25) is 9.48 Å². The molecule has 0 aliphatic rings. The molecule has 0 saturated heterocycles. The minimum Gasteiger partial charge on any atom is -0.378 e. The van der Waals surface area contributed by atoms with E-state index in [0.717, 1.165) is 16.5 Å². The van der Waals surface area contributed by atoms with Crippen LogP contribution < -0.4 is 5.32 Å². The van der Waals surface area contributed by atoms with Crippen LogP contribution in [-0.2, 0) is 18.3 Å². The Bertz CT molecular complexity index is 834. The van der Waals surface area contributed by atoms with Crippen molar-refractivity contribution in [3.8, 4) is 0 Å². The lowest BCUT2D eigenvalue weighted by Gasteiger charge is -2.11. The van der Waals surface area contributed by atoms with Gasteiger partial charge >= 0.3 is 0 Å². The Labute approximate surface area is 134 Å². The molecule has 6 heteroatoms. The number of carbonyl (C=O) groups excluding carboxylic acids is 1. The Hall–Kier alpha value is -2.60. The largest absolute Gasteiger partial charge is 0.378 e. The highest BCUT2D eigenvalue weighted by Gasteiger charge is 2.21. The molecule has 0 aliphatic heterocycles. The normalized spacial score (nSPS) is 12.5. The number of H-pyrrole nitrogens is 1. The van der Waals surface area contributed by atoms with Crippen molar-refractivity contribution in [2.75, 3.05) is 6.54 Å². The molecule has 6 nitrogen and oxygen atoms in total. The van der Waals surface area contributed by atoms with Crippen LogP contribution in [0, 0.1) is 6.92 Å². The van der Waals surface area contributed by atoms with Crippen LogP contribution in [-0.4, -0.2) is 32.3 Å². The average Bonchev–Trinajstić information content (AvgIpc) is 3.13. The van der Waals surface area contributed by atoms with Gasteiger partial charge in [0.05, 0.1) is 5.69 Å². The van der Waals surface area contributed by atoms with Crippen molar-refractivity contribution >= 4 is 16.8 Å². The molecule has 3 aromatic rings. The molecule has 1 atom stereocenters. The lowest BCUT2D eigenvalue weighted by atomic mass is 10.1. The number of fused-ring (bicyclic) bond motifs is 1. The van der Waals surface area contributed by atoms with Crippen LogP contribution in [0.3, 0.4) is 0 Å². The number of aromatic nitrogens is 3. The van der Waals surface area contributed by atoms with Crippen LogP contribution in [0.4, 0.5) is 0 Å². The molecule has 0 spiro atoms. The van der Waals surface area contributed by atoms with E-state index in [1.54, 1.807) is 24.9 Å². The fourth-order valence-corrected chi connectivity index (χ4v) is 2.80. The fourth-order valence-electron chi connectivity index (χ4n) is 2.80. The lowest BCUT2D eigenvalue weighted by molar-refractivity contribution is -0.129. The van der Waals surface area contributed by atoms with Crippen LogP contribution in [0.25, 0.3) is 10.9 Å². The van der Waals surface area contributed by atoms with E-state index in [9.17, 15) is 9.90 Å². The Morgan fingerprint density at radius 1 is 1.43 bits per heavy atom. The molecule has 1 aromatic carbocycles. The van der Waals surface area contributed by atoms with Crippen LogP contribution >= 0.6 is 0 Å². The third kappa shape index (κ3) is 3.12. The third-order valence-corrected chi connectivity index (χ3v) is 3.96. The van der Waals surface area contributed by atoms with Gasteiger partial charge in [-0.2, -0.15) is 5.10 Å². The minimum atomic E-state index is -1.19. The third-order valence-electron chi connectivity index (χ3n) is 3.96. The molecule has 3 rings (SSSR count). The van der Waals surface area contributed by atoms with Gasteiger partial charge in [0.15, 0.2) is 6.10 Å². The molecule has 0 saturated carbocycles. The molecule has 120 valence electrons. The molecule has 2 heterocycles. The molecule has 3 N–H and O–H groups in total. The molecule has 0 bridgehead atoms. The maximum Gasteiger partial charge on any atom is 0.253 e. The number of rotatable bonds is 5. The molecule has 1 unspecified atom stereocenters. The Morgan fingerprint density at radius 2 is 2.26 bits per heavy atom. The highest BCUT2D eigenvalue weighted by Crippen LogP contribution is 2.18. The van der Waals surface area contributed by atoms with Gasteiger partial charge in [0.1, 0.15) is 0 Å². The molecule has 0 radical (unpaired) electrons. The first-order valence-corrected chi connectivity index (χ1v) is 7.57. The summed E-state index contributed by atoms with van der Waals surface area (Å²) in [5, 5.41) is 18.2. The molecule has 0 aliphatic carbocycles. The van der Waals surface area contributed by atoms with Gasteiger partial charge < -0.3 is 15.4 Å². The number of nitrogens with zero attached hydrogens (tertiary/aromatic N) is 2. The monoisotopic (exact) mass is 312 g/mol. The van der Waals surface area contributed by atoms with Gasteiger partial charge in [0, 0.05) is 37.1 Å². The van der Waals surface area contributed by atoms with Crippen LogP contribution in [0.5, 0.6) is 0 Å². The summed E-state index contributed by atoms with van der Waals surface area (Å²) in [7, 11) is 1.76. The van der Waals surface area contributed by atoms with E-state index in [0.29, 0.717) is 24.2 Å². The van der Waals surface area contributed by atoms with Crippen molar-refractivity contribution in [1.29, 1.82) is 0 Å². The van der Waals surface area contributed by atoms with E-state index in [4.69, 9.17) is 0 Å². The van der Waals surface area contributed by atoms with Crippen LogP contribution in [0.15, 0.2) is 36.7 Å². The smallest absolute Gasteiger partial charge is 0.253 e. The highest BCUT2D eigenvalue weighted by molar-refractivity contribution is 5.83. The van der Waals surface area contributed by atoms with Crippen molar-refractivity contribution in [1.82, 2.24) is 20.1 Å². The number of benzene rings is 1. The van der Waals surface area contributed by atoms with Gasteiger partial charge in [-0.05, 0) is 30.4 Å². The molecular formula is C17H20N4O2. The quantitative estimate of drug-likeness (QED) is 0.669. The summed E-state index contributed by atoms with van der Waals surface area (Å²) in [6.07, 6.45) is 3.08. The zero-order chi connectivity index (χ0) is 16.4. The fraction of sp³-hybridized carbons (Fsp3) is 0.294. The lowest BCUT2D eigenvalue weighted by Crippen LogP contribution is -2.31. The van der Waals surface area contributed by atoms with E-state index in [2.05, 4.69) is 15.4 Å². The number of hydrogen-bond acceptors (Lipinski definition) is 3. The maximum absolute atomic E-state index is 12.1. The number of aliphatic hydroxyl groups excluding tert-OH is 1.